The number of anilines is 1. The van der Waals surface area contributed by atoms with Gasteiger partial charge in [0.25, 0.3) is 0 Å². The van der Waals surface area contributed by atoms with Gasteiger partial charge in [0, 0.05) is 19.3 Å². The molecule has 5 atom stereocenters. The van der Waals surface area contributed by atoms with Crippen LogP contribution in [-0.4, -0.2) is 57.5 Å². The predicted molar refractivity (Wildman–Crippen MR) is 115 cm³/mol. The van der Waals surface area contributed by atoms with Crippen LogP contribution in [0.3, 0.4) is 0 Å². The molecule has 2 aromatic rings. The van der Waals surface area contributed by atoms with Crippen LogP contribution in [0, 0.1) is 11.7 Å². The quantitative estimate of drug-likeness (QED) is 0.642. The molecular weight excluding hydrogens is 405 g/mol. The van der Waals surface area contributed by atoms with Crippen molar-refractivity contribution >= 4 is 28.9 Å². The third-order valence-electron chi connectivity index (χ3n) is 5.91. The average molecular weight is 430 g/mol. The van der Waals surface area contributed by atoms with E-state index in [1.54, 1.807) is 29.0 Å². The molecule has 8 heteroatoms. The molecule has 0 radical (unpaired) electrons. The first kappa shape index (κ1) is 20.7. The molecule has 1 saturated carbocycles. The fraction of sp³-hybridized carbons (Fsp3) is 0.364. The van der Waals surface area contributed by atoms with E-state index in [-0.39, 0.29) is 18.1 Å². The number of nitrogens with zero attached hydrogens (tertiary/aromatic N) is 2. The van der Waals surface area contributed by atoms with E-state index in [0.717, 1.165) is 5.56 Å². The number of amides is 1. The number of nitrogens with one attached hydrogen (secondary N) is 1. The van der Waals surface area contributed by atoms with Crippen LogP contribution in [0.25, 0.3) is 0 Å². The molecule has 2 aromatic carbocycles. The van der Waals surface area contributed by atoms with Crippen LogP contribution in [0.15, 0.2) is 54.6 Å². The summed E-state index contributed by atoms with van der Waals surface area (Å²) < 4.78 is 13.4. The summed E-state index contributed by atoms with van der Waals surface area (Å²) in [7, 11) is 1.73. The van der Waals surface area contributed by atoms with Crippen molar-refractivity contribution in [3.05, 3.63) is 66.0 Å². The van der Waals surface area contributed by atoms with Crippen LogP contribution < -0.4 is 10.2 Å². The Bertz CT molecular complexity index is 927. The Morgan fingerprint density at radius 2 is 1.87 bits per heavy atom. The molecule has 0 unspecified atom stereocenters. The molecule has 2 aliphatic rings. The van der Waals surface area contributed by atoms with E-state index in [1.165, 1.54) is 12.1 Å². The average Bonchev–Trinajstić information content (AvgIpc) is 3.09. The molecule has 1 heterocycles. The molecule has 3 N–H and O–H groups in total. The van der Waals surface area contributed by atoms with Crippen molar-refractivity contribution in [3.63, 3.8) is 0 Å². The molecular formula is C22H24FN3O3S. The van der Waals surface area contributed by atoms with Gasteiger partial charge in [-0.2, -0.15) is 0 Å². The second kappa shape index (κ2) is 8.29. The molecule has 30 heavy (non-hydrogen) atoms. The zero-order valence-corrected chi connectivity index (χ0v) is 17.3. The summed E-state index contributed by atoms with van der Waals surface area (Å²) in [6.07, 6.45) is -2.00. The lowest BCUT2D eigenvalue weighted by molar-refractivity contribution is -0.141. The minimum absolute atomic E-state index is 0.113. The second-order valence-corrected chi connectivity index (χ2v) is 8.28. The van der Waals surface area contributed by atoms with Gasteiger partial charge in [0.15, 0.2) is 5.11 Å². The lowest BCUT2D eigenvalue weighted by Gasteiger charge is -2.42. The molecule has 6 nitrogen and oxygen atoms in total. The molecule has 0 spiro atoms. The van der Waals surface area contributed by atoms with Crippen LogP contribution in [0.2, 0.25) is 0 Å². The topological polar surface area (TPSA) is 76.0 Å². The summed E-state index contributed by atoms with van der Waals surface area (Å²) in [6.45, 7) is 0.431. The zero-order valence-electron chi connectivity index (χ0n) is 16.5. The molecule has 0 aromatic heterocycles. The number of aliphatic hydroxyl groups is 2. The lowest BCUT2D eigenvalue weighted by atomic mass is 9.77. The summed E-state index contributed by atoms with van der Waals surface area (Å²) >= 11 is 5.47. The van der Waals surface area contributed by atoms with E-state index in [2.05, 4.69) is 5.32 Å². The molecule has 1 saturated heterocycles. The van der Waals surface area contributed by atoms with Gasteiger partial charge in [-0.05, 0) is 48.5 Å². The fourth-order valence-corrected chi connectivity index (χ4v) is 4.81. The van der Waals surface area contributed by atoms with Gasteiger partial charge in [0.2, 0.25) is 5.91 Å². The van der Waals surface area contributed by atoms with Crippen LogP contribution in [0.1, 0.15) is 12.0 Å². The number of thiocarbonyl (C=S) groups is 1. The van der Waals surface area contributed by atoms with Crippen molar-refractivity contribution in [3.8, 4) is 0 Å². The predicted octanol–water partition coefficient (Wildman–Crippen LogP) is 1.66. The maximum Gasteiger partial charge on any atom is 0.228 e. The Labute approximate surface area is 179 Å². The number of halogens is 1. The highest BCUT2D eigenvalue weighted by molar-refractivity contribution is 7.80. The summed E-state index contributed by atoms with van der Waals surface area (Å²) in [5, 5.41) is 24.4. The van der Waals surface area contributed by atoms with Crippen LogP contribution in [0.5, 0.6) is 0 Å². The first-order valence-electron chi connectivity index (χ1n) is 9.87. The molecule has 1 aliphatic heterocycles. The molecule has 1 amide bonds. The van der Waals surface area contributed by atoms with Gasteiger partial charge in [-0.15, -0.1) is 0 Å². The van der Waals surface area contributed by atoms with Crippen molar-refractivity contribution in [2.75, 3.05) is 11.9 Å². The van der Waals surface area contributed by atoms with Crippen molar-refractivity contribution in [1.29, 1.82) is 0 Å². The summed E-state index contributed by atoms with van der Waals surface area (Å²) in [4.78, 5) is 16.8. The first-order chi connectivity index (χ1) is 14.4. The zero-order chi connectivity index (χ0) is 21.4. The smallest absolute Gasteiger partial charge is 0.228 e. The summed E-state index contributed by atoms with van der Waals surface area (Å²) in [5.74, 6) is -1.11. The van der Waals surface area contributed by atoms with Crippen LogP contribution in [-0.2, 0) is 11.3 Å². The molecule has 2 fully saturated rings. The number of aliphatic hydroxyl groups excluding tert-OH is 2. The minimum Gasteiger partial charge on any atom is -0.390 e. The maximum absolute atomic E-state index is 13.4. The number of fused-ring (bicyclic) bond motifs is 1. The monoisotopic (exact) mass is 429 g/mol. The van der Waals surface area contributed by atoms with Crippen molar-refractivity contribution in [1.82, 2.24) is 10.2 Å². The van der Waals surface area contributed by atoms with E-state index in [1.807, 2.05) is 30.3 Å². The van der Waals surface area contributed by atoms with E-state index < -0.39 is 30.2 Å². The number of hydrogen-bond donors (Lipinski definition) is 3. The lowest BCUT2D eigenvalue weighted by Crippen LogP contribution is -2.61. The highest BCUT2D eigenvalue weighted by Gasteiger charge is 2.54. The normalized spacial score (nSPS) is 28.1. The first-order valence-corrected chi connectivity index (χ1v) is 10.3. The maximum atomic E-state index is 13.4. The third-order valence-corrected chi connectivity index (χ3v) is 6.22. The number of rotatable bonds is 4. The Morgan fingerprint density at radius 3 is 2.53 bits per heavy atom. The molecule has 0 bridgehead atoms. The largest absolute Gasteiger partial charge is 0.390 e. The van der Waals surface area contributed by atoms with Gasteiger partial charge in [-0.3, -0.25) is 4.79 Å². The standard InChI is InChI=1S/C22H24FN3O3S/c1-25(12-13-5-3-2-4-6-13)21(29)16-11-17(27)20(28)18-19(16)26(22(30)24-18)15-9-7-14(23)8-10-15/h2-10,16-20,27-28H,11-12H2,1H3,(H,24,30)/t16-,17-,18-,19-,20+/m1/s1. The summed E-state index contributed by atoms with van der Waals surface area (Å²) in [6, 6.07) is 14.4. The Kier molecular flexibility index (Phi) is 5.73. The van der Waals surface area contributed by atoms with Crippen LogP contribution in [0.4, 0.5) is 10.1 Å². The number of hydrogen-bond acceptors (Lipinski definition) is 4. The highest BCUT2D eigenvalue weighted by atomic mass is 32.1. The number of benzene rings is 2. The Morgan fingerprint density at radius 1 is 1.20 bits per heavy atom. The van der Waals surface area contributed by atoms with Crippen LogP contribution >= 0.6 is 12.2 Å². The number of carbonyl (C=O) groups is 1. The molecule has 4 rings (SSSR count). The Hall–Kier alpha value is -2.55. The van der Waals surface area contributed by atoms with Gasteiger partial charge in [-0.25, -0.2) is 4.39 Å². The highest BCUT2D eigenvalue weighted by Crippen LogP contribution is 2.37. The minimum atomic E-state index is -1.07. The SMILES string of the molecule is CN(Cc1ccccc1)C(=O)[C@@H]1C[C@@H](O)[C@H](O)[C@@H]2NC(=S)N(c3ccc(F)cc3)[C@@H]21. The van der Waals surface area contributed by atoms with E-state index in [0.29, 0.717) is 17.3 Å². The third kappa shape index (κ3) is 3.78. The number of carbonyl (C=O) groups excluding carboxylic acids is 1. The van der Waals surface area contributed by atoms with Gasteiger partial charge in [-0.1, -0.05) is 30.3 Å². The molecule has 158 valence electrons. The van der Waals surface area contributed by atoms with Gasteiger partial charge >= 0.3 is 0 Å². The fourth-order valence-electron chi connectivity index (χ4n) is 4.45. The van der Waals surface area contributed by atoms with Gasteiger partial charge in [0.05, 0.1) is 24.1 Å². The van der Waals surface area contributed by atoms with Crippen molar-refractivity contribution < 1.29 is 19.4 Å². The van der Waals surface area contributed by atoms with E-state index >= 15 is 0 Å². The van der Waals surface area contributed by atoms with Gasteiger partial charge < -0.3 is 25.3 Å². The van der Waals surface area contributed by atoms with E-state index in [4.69, 9.17) is 12.2 Å². The Balaban J connectivity index is 1.64. The van der Waals surface area contributed by atoms with E-state index in [9.17, 15) is 19.4 Å². The second-order valence-electron chi connectivity index (χ2n) is 7.89. The molecule has 1 aliphatic carbocycles. The van der Waals surface area contributed by atoms with Crippen molar-refractivity contribution in [2.24, 2.45) is 5.92 Å². The van der Waals surface area contributed by atoms with Crippen molar-refractivity contribution in [2.45, 2.75) is 37.3 Å². The summed E-state index contributed by atoms with van der Waals surface area (Å²) in [5.41, 5.74) is 1.63. The van der Waals surface area contributed by atoms with Gasteiger partial charge in [0.1, 0.15) is 11.9 Å².